The molecule has 0 spiro atoms. The van der Waals surface area contributed by atoms with Crippen molar-refractivity contribution in [3.8, 4) is 0 Å². The summed E-state index contributed by atoms with van der Waals surface area (Å²) in [5.41, 5.74) is 0. The zero-order valence-corrected chi connectivity index (χ0v) is 7.41. The van der Waals surface area contributed by atoms with E-state index in [1.807, 2.05) is 0 Å². The van der Waals surface area contributed by atoms with Crippen LogP contribution < -0.4 is 0 Å². The van der Waals surface area contributed by atoms with Gasteiger partial charge in [0.25, 0.3) is 0 Å². The molecule has 1 aliphatic rings. The van der Waals surface area contributed by atoms with Gasteiger partial charge < -0.3 is 0 Å². The maximum atomic E-state index is 2.32. The van der Waals surface area contributed by atoms with Crippen molar-refractivity contribution in [3.05, 3.63) is 0 Å². The van der Waals surface area contributed by atoms with Crippen LogP contribution in [0.2, 0.25) is 0 Å². The highest BCUT2D eigenvalue weighted by Crippen LogP contribution is 2.35. The average Bonchev–Trinajstić information content (AvgIpc) is 1.90. The number of hydrogen-bond donors (Lipinski definition) is 0. The zero-order chi connectivity index (χ0) is 5.82. The van der Waals surface area contributed by atoms with Gasteiger partial charge >= 0.3 is 0 Å². The van der Waals surface area contributed by atoms with Crippen molar-refractivity contribution in [1.82, 2.24) is 0 Å². The van der Waals surface area contributed by atoms with Crippen LogP contribution in [-0.4, -0.2) is 18.2 Å². The molecule has 0 radical (unpaired) electrons. The Morgan fingerprint density at radius 1 is 1.38 bits per heavy atom. The lowest BCUT2D eigenvalue weighted by atomic mass is 10.2. The standard InChI is InChI=1S/C6H14P2/c1-2-6-3-7-5-8-4-6/h6-8H,2-5H2,1H3. The van der Waals surface area contributed by atoms with E-state index in [0.29, 0.717) is 0 Å². The fourth-order valence-electron chi connectivity index (χ4n) is 1.00. The van der Waals surface area contributed by atoms with Gasteiger partial charge in [0.15, 0.2) is 0 Å². The Bertz CT molecular complexity index is 57.5. The summed E-state index contributed by atoms with van der Waals surface area (Å²) in [6.45, 7) is 2.32. The second-order valence-corrected chi connectivity index (χ2v) is 5.59. The van der Waals surface area contributed by atoms with Crippen LogP contribution in [0, 0.1) is 5.92 Å². The lowest BCUT2D eigenvalue weighted by Crippen LogP contribution is -2.07. The maximum absolute atomic E-state index is 2.32. The largest absolute Gasteiger partial charge is 0.118 e. The molecular formula is C6H14P2. The van der Waals surface area contributed by atoms with Crippen LogP contribution in [-0.2, 0) is 0 Å². The monoisotopic (exact) mass is 148 g/mol. The molecule has 8 heavy (non-hydrogen) atoms. The predicted molar refractivity (Wildman–Crippen MR) is 45.0 cm³/mol. The first kappa shape index (κ1) is 6.97. The minimum absolute atomic E-state index is 1.11. The van der Waals surface area contributed by atoms with Gasteiger partial charge in [-0.15, -0.1) is 17.2 Å². The van der Waals surface area contributed by atoms with Gasteiger partial charge in [-0.3, -0.25) is 0 Å². The predicted octanol–water partition coefficient (Wildman–Crippen LogP) is 2.34. The van der Waals surface area contributed by atoms with Crippen LogP contribution in [0.5, 0.6) is 0 Å². The summed E-state index contributed by atoms with van der Waals surface area (Å²) in [4.78, 5) is 0. The summed E-state index contributed by atoms with van der Waals surface area (Å²) in [7, 11) is 2.60. The molecule has 0 aromatic rings. The summed E-state index contributed by atoms with van der Waals surface area (Å²) >= 11 is 0. The molecule has 1 saturated heterocycles. The van der Waals surface area contributed by atoms with Crippen LogP contribution in [0.1, 0.15) is 13.3 Å². The number of rotatable bonds is 1. The van der Waals surface area contributed by atoms with E-state index in [9.17, 15) is 0 Å². The van der Waals surface area contributed by atoms with Crippen molar-refractivity contribution < 1.29 is 0 Å². The zero-order valence-electron chi connectivity index (χ0n) is 5.41. The molecule has 0 nitrogen and oxygen atoms in total. The van der Waals surface area contributed by atoms with E-state index >= 15 is 0 Å². The topological polar surface area (TPSA) is 0 Å². The van der Waals surface area contributed by atoms with Crippen molar-refractivity contribution in [2.24, 2.45) is 5.92 Å². The minimum Gasteiger partial charge on any atom is -0.118 e. The van der Waals surface area contributed by atoms with E-state index in [-0.39, 0.29) is 0 Å². The summed E-state index contributed by atoms with van der Waals surface area (Å²) in [5.74, 6) is 2.66. The summed E-state index contributed by atoms with van der Waals surface area (Å²) < 4.78 is 0. The van der Waals surface area contributed by atoms with Gasteiger partial charge in [0.05, 0.1) is 0 Å². The van der Waals surface area contributed by atoms with Crippen molar-refractivity contribution in [2.75, 3.05) is 18.2 Å². The highest BCUT2D eigenvalue weighted by Gasteiger charge is 2.09. The molecule has 0 N–H and O–H groups in total. The smallest absolute Gasteiger partial charge is 0.0175 e. The van der Waals surface area contributed by atoms with Gasteiger partial charge in [0.2, 0.25) is 0 Å². The van der Waals surface area contributed by atoms with Crippen LogP contribution in [0.3, 0.4) is 0 Å². The Morgan fingerprint density at radius 2 is 2.00 bits per heavy atom. The normalized spacial score (nSPS) is 36.4. The molecule has 0 aliphatic carbocycles. The van der Waals surface area contributed by atoms with Gasteiger partial charge in [-0.2, -0.15) is 0 Å². The molecule has 2 unspecified atom stereocenters. The highest BCUT2D eigenvalue weighted by atomic mass is 31.1. The van der Waals surface area contributed by atoms with E-state index in [1.54, 1.807) is 18.2 Å². The SMILES string of the molecule is CCC1CPCPC1. The molecule has 48 valence electrons. The lowest BCUT2D eigenvalue weighted by Gasteiger charge is -2.19. The summed E-state index contributed by atoms with van der Waals surface area (Å²) in [6.07, 6.45) is 4.52. The van der Waals surface area contributed by atoms with Gasteiger partial charge in [-0.05, 0) is 24.1 Å². The molecule has 0 amide bonds. The van der Waals surface area contributed by atoms with Crippen LogP contribution in [0.4, 0.5) is 0 Å². The van der Waals surface area contributed by atoms with Crippen molar-refractivity contribution in [1.29, 1.82) is 0 Å². The van der Waals surface area contributed by atoms with E-state index in [1.165, 1.54) is 23.6 Å². The molecule has 0 bridgehead atoms. The fourth-order valence-corrected chi connectivity index (χ4v) is 4.83. The first-order valence-corrected chi connectivity index (χ1v) is 6.17. The van der Waals surface area contributed by atoms with E-state index in [0.717, 1.165) is 5.92 Å². The third-order valence-corrected chi connectivity index (χ3v) is 5.43. The average molecular weight is 148 g/mol. The second-order valence-electron chi connectivity index (χ2n) is 2.36. The summed E-state index contributed by atoms with van der Waals surface area (Å²) in [5, 5.41) is 0. The van der Waals surface area contributed by atoms with Crippen molar-refractivity contribution in [2.45, 2.75) is 13.3 Å². The van der Waals surface area contributed by atoms with Crippen molar-refractivity contribution >= 4 is 17.2 Å². The lowest BCUT2D eigenvalue weighted by molar-refractivity contribution is 0.641. The molecule has 1 aliphatic heterocycles. The molecule has 1 fully saturated rings. The van der Waals surface area contributed by atoms with Gasteiger partial charge in [0, 0.05) is 0 Å². The Balaban J connectivity index is 2.13. The molecule has 1 rings (SSSR count). The van der Waals surface area contributed by atoms with Gasteiger partial charge in [-0.25, -0.2) is 0 Å². The van der Waals surface area contributed by atoms with Crippen molar-refractivity contribution in [3.63, 3.8) is 0 Å². The van der Waals surface area contributed by atoms with Gasteiger partial charge in [-0.1, -0.05) is 13.3 Å². The highest BCUT2D eigenvalue weighted by molar-refractivity contribution is 7.56. The first-order valence-electron chi connectivity index (χ1n) is 3.35. The molecule has 0 aromatic carbocycles. The maximum Gasteiger partial charge on any atom is -0.0175 e. The molecule has 2 atom stereocenters. The summed E-state index contributed by atoms with van der Waals surface area (Å²) in [6, 6.07) is 0. The molecule has 1 heterocycles. The van der Waals surface area contributed by atoms with Crippen LogP contribution >= 0.6 is 17.2 Å². The van der Waals surface area contributed by atoms with E-state index < -0.39 is 0 Å². The van der Waals surface area contributed by atoms with Gasteiger partial charge in [0.1, 0.15) is 0 Å². The van der Waals surface area contributed by atoms with Crippen LogP contribution in [0.15, 0.2) is 0 Å². The molecular weight excluding hydrogens is 134 g/mol. The van der Waals surface area contributed by atoms with E-state index in [4.69, 9.17) is 0 Å². The number of hydrogen-bond acceptors (Lipinski definition) is 0. The Morgan fingerprint density at radius 3 is 2.38 bits per heavy atom. The second kappa shape index (κ2) is 3.80. The molecule has 0 aromatic heterocycles. The third kappa shape index (κ3) is 2.00. The van der Waals surface area contributed by atoms with E-state index in [2.05, 4.69) is 6.92 Å². The molecule has 2 heteroatoms. The molecule has 0 saturated carbocycles. The third-order valence-electron chi connectivity index (χ3n) is 1.69. The fraction of sp³-hybridized carbons (Fsp3) is 1.00. The Hall–Kier alpha value is 0.860. The quantitative estimate of drug-likeness (QED) is 0.500. The first-order chi connectivity index (χ1) is 3.93. The Labute approximate surface area is 55.4 Å². The minimum atomic E-state index is 1.11. The Kier molecular flexibility index (Phi) is 3.32. The van der Waals surface area contributed by atoms with Crippen LogP contribution in [0.25, 0.3) is 0 Å².